The van der Waals surface area contributed by atoms with E-state index in [1.807, 2.05) is 51.1 Å². The molecule has 5 nitrogen and oxygen atoms in total. The molecule has 0 aliphatic rings. The van der Waals surface area contributed by atoms with E-state index in [1.165, 1.54) is 0 Å². The molecule has 1 aromatic carbocycles. The molecule has 0 unspecified atom stereocenters. The summed E-state index contributed by atoms with van der Waals surface area (Å²) in [6, 6.07) is 10.4. The predicted molar refractivity (Wildman–Crippen MR) is 98.5 cm³/mol. The summed E-state index contributed by atoms with van der Waals surface area (Å²) in [5.41, 5.74) is 1.00. The summed E-state index contributed by atoms with van der Waals surface area (Å²) in [7, 11) is -2.61. The van der Waals surface area contributed by atoms with Crippen LogP contribution in [0.4, 0.5) is 0 Å². The van der Waals surface area contributed by atoms with Crippen LogP contribution in [0.3, 0.4) is 0 Å². The first-order chi connectivity index (χ1) is 11.7. The normalized spacial score (nSPS) is 11.8. The Balaban J connectivity index is 2.38. The van der Waals surface area contributed by atoms with E-state index in [0.717, 1.165) is 12.0 Å². The minimum absolute atomic E-state index is 0.102. The molecule has 0 spiro atoms. The number of hydrogen-bond donors (Lipinski definition) is 1. The standard InChI is InChI=1S/C18H29NO4Si/c1-4-21-24(22-5-2,23-6-3)16-10-15-19-18(20)14-13-17-11-8-7-9-12-17/h7-9,11-14H,4-6,10,15-16H2,1-3H3,(H,19,20). The van der Waals surface area contributed by atoms with E-state index in [9.17, 15) is 4.79 Å². The Kier molecular flexibility index (Phi) is 10.3. The van der Waals surface area contributed by atoms with Gasteiger partial charge in [0.2, 0.25) is 5.91 Å². The molecule has 0 aliphatic carbocycles. The average Bonchev–Trinajstić information content (AvgIpc) is 2.59. The summed E-state index contributed by atoms with van der Waals surface area (Å²) in [4.78, 5) is 11.8. The molecule has 134 valence electrons. The van der Waals surface area contributed by atoms with Crippen LogP contribution >= 0.6 is 0 Å². The Bertz CT molecular complexity index is 476. The van der Waals surface area contributed by atoms with Crippen molar-refractivity contribution in [2.24, 2.45) is 0 Å². The molecular formula is C18H29NO4Si. The largest absolute Gasteiger partial charge is 0.500 e. The summed E-state index contributed by atoms with van der Waals surface area (Å²) in [6.07, 6.45) is 4.11. The maximum atomic E-state index is 11.8. The van der Waals surface area contributed by atoms with Gasteiger partial charge in [-0.05, 0) is 38.8 Å². The van der Waals surface area contributed by atoms with Crippen molar-refractivity contribution in [2.75, 3.05) is 26.4 Å². The van der Waals surface area contributed by atoms with Crippen LogP contribution in [0.5, 0.6) is 0 Å². The number of benzene rings is 1. The van der Waals surface area contributed by atoms with Crippen LogP contribution in [0.25, 0.3) is 6.08 Å². The summed E-state index contributed by atoms with van der Waals surface area (Å²) < 4.78 is 17.4. The van der Waals surface area contributed by atoms with E-state index >= 15 is 0 Å². The minimum atomic E-state index is -2.61. The average molecular weight is 352 g/mol. The highest BCUT2D eigenvalue weighted by Crippen LogP contribution is 2.17. The van der Waals surface area contributed by atoms with Crippen LogP contribution in [-0.4, -0.2) is 41.1 Å². The molecule has 0 aromatic heterocycles. The van der Waals surface area contributed by atoms with Gasteiger partial charge in [0.25, 0.3) is 0 Å². The van der Waals surface area contributed by atoms with Crippen molar-refractivity contribution in [1.29, 1.82) is 0 Å². The van der Waals surface area contributed by atoms with Crippen LogP contribution in [0.15, 0.2) is 36.4 Å². The Morgan fingerprint density at radius 2 is 1.62 bits per heavy atom. The Hall–Kier alpha value is -1.47. The molecule has 1 N–H and O–H groups in total. The molecule has 0 saturated carbocycles. The topological polar surface area (TPSA) is 56.8 Å². The molecule has 0 aliphatic heterocycles. The van der Waals surface area contributed by atoms with E-state index in [0.29, 0.717) is 32.4 Å². The van der Waals surface area contributed by atoms with Gasteiger partial charge in [0.1, 0.15) is 0 Å². The SMILES string of the molecule is CCO[Si](CCCNC(=O)C=Cc1ccccc1)(OCC)OCC. The van der Waals surface area contributed by atoms with Crippen LogP contribution in [0.2, 0.25) is 6.04 Å². The second kappa shape index (κ2) is 12.0. The van der Waals surface area contributed by atoms with E-state index in [2.05, 4.69) is 5.32 Å². The quantitative estimate of drug-likeness (QED) is 0.357. The van der Waals surface area contributed by atoms with Gasteiger partial charge in [-0.15, -0.1) is 0 Å². The predicted octanol–water partition coefficient (Wildman–Crippen LogP) is 3.25. The highest BCUT2D eigenvalue weighted by Gasteiger charge is 2.39. The van der Waals surface area contributed by atoms with Crippen LogP contribution < -0.4 is 5.32 Å². The number of carbonyl (C=O) groups is 1. The molecular weight excluding hydrogens is 322 g/mol. The Morgan fingerprint density at radius 3 is 2.17 bits per heavy atom. The zero-order chi connectivity index (χ0) is 17.7. The molecule has 0 heterocycles. The maximum Gasteiger partial charge on any atom is 0.500 e. The fourth-order valence-electron chi connectivity index (χ4n) is 2.31. The summed E-state index contributed by atoms with van der Waals surface area (Å²) in [6.45, 7) is 8.09. The third-order valence-electron chi connectivity index (χ3n) is 3.28. The van der Waals surface area contributed by atoms with Crippen molar-refractivity contribution in [3.05, 3.63) is 42.0 Å². The second-order valence-corrected chi connectivity index (χ2v) is 7.85. The van der Waals surface area contributed by atoms with Gasteiger partial charge in [0.05, 0.1) is 0 Å². The Labute approximate surface area is 146 Å². The van der Waals surface area contributed by atoms with Gasteiger partial charge in [0, 0.05) is 38.5 Å². The lowest BCUT2D eigenvalue weighted by Gasteiger charge is -2.28. The van der Waals surface area contributed by atoms with Crippen molar-refractivity contribution < 1.29 is 18.1 Å². The number of rotatable bonds is 12. The third-order valence-corrected chi connectivity index (χ3v) is 6.43. The number of hydrogen-bond acceptors (Lipinski definition) is 4. The van der Waals surface area contributed by atoms with Gasteiger partial charge in [0.15, 0.2) is 0 Å². The first kappa shape index (κ1) is 20.6. The van der Waals surface area contributed by atoms with Crippen molar-refractivity contribution in [3.63, 3.8) is 0 Å². The Morgan fingerprint density at radius 1 is 1.04 bits per heavy atom. The van der Waals surface area contributed by atoms with Gasteiger partial charge < -0.3 is 18.6 Å². The van der Waals surface area contributed by atoms with Crippen molar-refractivity contribution in [2.45, 2.75) is 33.2 Å². The molecule has 0 fully saturated rings. The lowest BCUT2D eigenvalue weighted by molar-refractivity contribution is -0.116. The number of carbonyl (C=O) groups excluding carboxylic acids is 1. The molecule has 0 saturated heterocycles. The molecule has 1 amide bonds. The third kappa shape index (κ3) is 7.87. The van der Waals surface area contributed by atoms with Gasteiger partial charge in [-0.2, -0.15) is 0 Å². The number of nitrogens with one attached hydrogen (secondary N) is 1. The van der Waals surface area contributed by atoms with Crippen LogP contribution in [0.1, 0.15) is 32.8 Å². The van der Waals surface area contributed by atoms with Gasteiger partial charge in [-0.25, -0.2) is 0 Å². The molecule has 0 atom stereocenters. The first-order valence-corrected chi connectivity index (χ1v) is 10.5. The van der Waals surface area contributed by atoms with Crippen LogP contribution in [-0.2, 0) is 18.1 Å². The first-order valence-electron chi connectivity index (χ1n) is 8.58. The lowest BCUT2D eigenvalue weighted by Crippen LogP contribution is -2.46. The number of amides is 1. The lowest BCUT2D eigenvalue weighted by atomic mass is 10.2. The van der Waals surface area contributed by atoms with E-state index in [4.69, 9.17) is 13.3 Å². The monoisotopic (exact) mass is 351 g/mol. The van der Waals surface area contributed by atoms with E-state index in [-0.39, 0.29) is 5.91 Å². The van der Waals surface area contributed by atoms with E-state index in [1.54, 1.807) is 12.2 Å². The summed E-state index contributed by atoms with van der Waals surface area (Å²) in [5, 5.41) is 2.88. The molecule has 0 radical (unpaired) electrons. The zero-order valence-electron chi connectivity index (χ0n) is 14.9. The van der Waals surface area contributed by atoms with Crippen molar-refractivity contribution >= 4 is 20.8 Å². The summed E-state index contributed by atoms with van der Waals surface area (Å²) in [5.74, 6) is -0.102. The molecule has 1 rings (SSSR count). The molecule has 0 bridgehead atoms. The van der Waals surface area contributed by atoms with Crippen molar-refractivity contribution in [1.82, 2.24) is 5.32 Å². The minimum Gasteiger partial charge on any atom is -0.374 e. The molecule has 24 heavy (non-hydrogen) atoms. The smallest absolute Gasteiger partial charge is 0.374 e. The summed E-state index contributed by atoms with van der Waals surface area (Å²) >= 11 is 0. The highest BCUT2D eigenvalue weighted by molar-refractivity contribution is 6.60. The van der Waals surface area contributed by atoms with E-state index < -0.39 is 8.80 Å². The van der Waals surface area contributed by atoms with Crippen molar-refractivity contribution in [3.8, 4) is 0 Å². The molecule has 1 aromatic rings. The zero-order valence-corrected chi connectivity index (χ0v) is 15.9. The van der Waals surface area contributed by atoms with Gasteiger partial charge in [-0.3, -0.25) is 4.79 Å². The highest BCUT2D eigenvalue weighted by atomic mass is 28.4. The fourth-order valence-corrected chi connectivity index (χ4v) is 4.92. The molecule has 6 heteroatoms. The maximum absolute atomic E-state index is 11.8. The fraction of sp³-hybridized carbons (Fsp3) is 0.500. The van der Waals surface area contributed by atoms with Crippen LogP contribution in [0, 0.1) is 0 Å². The van der Waals surface area contributed by atoms with Gasteiger partial charge in [-0.1, -0.05) is 30.3 Å². The van der Waals surface area contributed by atoms with Gasteiger partial charge >= 0.3 is 8.80 Å². The second-order valence-electron chi connectivity index (χ2n) is 5.12.